The number of rotatable bonds is 3. The molecule has 2 aromatic rings. The van der Waals surface area contributed by atoms with Crippen molar-refractivity contribution in [1.82, 2.24) is 9.78 Å². The Hall–Kier alpha value is -1.61. The minimum Gasteiger partial charge on any atom is -0.386 e. The van der Waals surface area contributed by atoms with Crippen molar-refractivity contribution >= 4 is 0 Å². The Morgan fingerprint density at radius 1 is 1.27 bits per heavy atom. The van der Waals surface area contributed by atoms with E-state index in [-0.39, 0.29) is 0 Å². The number of nitrogens with zero attached hydrogens (tertiary/aromatic N) is 2. The van der Waals surface area contributed by atoms with Crippen molar-refractivity contribution in [2.24, 2.45) is 0 Å². The minimum atomic E-state index is -0.496. The van der Waals surface area contributed by atoms with Crippen LogP contribution in [0.4, 0.5) is 0 Å². The number of aliphatic hydroxyl groups excluding tert-OH is 1. The lowest BCUT2D eigenvalue weighted by atomic mass is 10.1. The van der Waals surface area contributed by atoms with Gasteiger partial charge < -0.3 is 5.11 Å². The third-order valence-electron chi connectivity index (χ3n) is 2.46. The molecule has 0 saturated heterocycles. The Morgan fingerprint density at radius 3 is 2.60 bits per heavy atom. The molecule has 0 bridgehead atoms. The van der Waals surface area contributed by atoms with Crippen LogP contribution in [-0.2, 0) is 6.54 Å². The highest BCUT2D eigenvalue weighted by atomic mass is 16.3. The molecule has 1 aromatic carbocycles. The molecule has 0 saturated carbocycles. The van der Waals surface area contributed by atoms with Crippen molar-refractivity contribution in [2.75, 3.05) is 0 Å². The first-order chi connectivity index (χ1) is 7.27. The first-order valence-corrected chi connectivity index (χ1v) is 4.99. The highest BCUT2D eigenvalue weighted by Gasteiger charge is 2.08. The summed E-state index contributed by atoms with van der Waals surface area (Å²) in [5, 5.41) is 14.1. The van der Waals surface area contributed by atoms with Crippen LogP contribution in [0.5, 0.6) is 0 Å². The molecular weight excluding hydrogens is 188 g/mol. The van der Waals surface area contributed by atoms with Crippen LogP contribution in [0, 0.1) is 6.92 Å². The van der Waals surface area contributed by atoms with Crippen molar-refractivity contribution in [3.8, 4) is 0 Å². The van der Waals surface area contributed by atoms with E-state index >= 15 is 0 Å². The van der Waals surface area contributed by atoms with Gasteiger partial charge in [0.15, 0.2) is 0 Å². The Kier molecular flexibility index (Phi) is 2.83. The summed E-state index contributed by atoms with van der Waals surface area (Å²) in [6.07, 6.45) is 1.25. The fourth-order valence-electron chi connectivity index (χ4n) is 1.53. The molecule has 0 amide bonds. The topological polar surface area (TPSA) is 38.0 Å². The van der Waals surface area contributed by atoms with Crippen LogP contribution >= 0.6 is 0 Å². The number of hydrogen-bond acceptors (Lipinski definition) is 2. The second-order valence-corrected chi connectivity index (χ2v) is 3.58. The van der Waals surface area contributed by atoms with E-state index in [9.17, 15) is 5.11 Å². The summed E-state index contributed by atoms with van der Waals surface area (Å²) in [6, 6.07) is 11.6. The van der Waals surface area contributed by atoms with Gasteiger partial charge in [-0.05, 0) is 18.6 Å². The van der Waals surface area contributed by atoms with Crippen molar-refractivity contribution in [3.05, 3.63) is 53.9 Å². The average molecular weight is 202 g/mol. The van der Waals surface area contributed by atoms with E-state index in [0.717, 1.165) is 11.3 Å². The second-order valence-electron chi connectivity index (χ2n) is 3.58. The van der Waals surface area contributed by atoms with E-state index < -0.39 is 6.10 Å². The SMILES string of the molecule is Cc1ccnn1CC(O)c1ccccc1. The van der Waals surface area contributed by atoms with Gasteiger partial charge in [0.2, 0.25) is 0 Å². The molecule has 0 fully saturated rings. The first kappa shape index (κ1) is 9.93. The number of aliphatic hydroxyl groups is 1. The normalized spacial score (nSPS) is 12.7. The monoisotopic (exact) mass is 202 g/mol. The zero-order valence-electron chi connectivity index (χ0n) is 8.67. The largest absolute Gasteiger partial charge is 0.386 e. The first-order valence-electron chi connectivity index (χ1n) is 4.99. The molecule has 0 spiro atoms. The molecule has 1 atom stereocenters. The predicted octanol–water partition coefficient (Wildman–Crippen LogP) is 1.93. The standard InChI is InChI=1S/C12H14N2O/c1-10-7-8-13-14(10)9-12(15)11-5-3-2-4-6-11/h2-8,12,15H,9H2,1H3. The number of benzene rings is 1. The van der Waals surface area contributed by atoms with Gasteiger partial charge in [0.1, 0.15) is 0 Å². The highest BCUT2D eigenvalue weighted by molar-refractivity contribution is 5.17. The Labute approximate surface area is 89.0 Å². The summed E-state index contributed by atoms with van der Waals surface area (Å²) in [5.74, 6) is 0. The predicted molar refractivity (Wildman–Crippen MR) is 58.4 cm³/mol. The summed E-state index contributed by atoms with van der Waals surface area (Å²) < 4.78 is 1.80. The van der Waals surface area contributed by atoms with Crippen molar-refractivity contribution in [3.63, 3.8) is 0 Å². The van der Waals surface area contributed by atoms with Gasteiger partial charge in [-0.2, -0.15) is 5.10 Å². The van der Waals surface area contributed by atoms with Crippen LogP contribution in [0.3, 0.4) is 0 Å². The maximum Gasteiger partial charge on any atom is 0.0985 e. The Balaban J connectivity index is 2.11. The van der Waals surface area contributed by atoms with Crippen LogP contribution in [-0.4, -0.2) is 14.9 Å². The third-order valence-corrected chi connectivity index (χ3v) is 2.46. The summed E-state index contributed by atoms with van der Waals surface area (Å²) in [4.78, 5) is 0. The van der Waals surface area contributed by atoms with Gasteiger partial charge in [-0.3, -0.25) is 4.68 Å². The molecule has 0 radical (unpaired) electrons. The number of aromatic nitrogens is 2. The minimum absolute atomic E-state index is 0.496. The van der Waals surface area contributed by atoms with Crippen LogP contribution in [0.25, 0.3) is 0 Å². The van der Waals surface area contributed by atoms with E-state index in [4.69, 9.17) is 0 Å². The van der Waals surface area contributed by atoms with Gasteiger partial charge in [-0.1, -0.05) is 30.3 Å². The van der Waals surface area contributed by atoms with Crippen LogP contribution in [0.1, 0.15) is 17.4 Å². The fraction of sp³-hybridized carbons (Fsp3) is 0.250. The lowest BCUT2D eigenvalue weighted by molar-refractivity contribution is 0.150. The van der Waals surface area contributed by atoms with Gasteiger partial charge in [-0.25, -0.2) is 0 Å². The molecule has 0 aliphatic heterocycles. The molecule has 15 heavy (non-hydrogen) atoms. The number of aryl methyl sites for hydroxylation is 1. The van der Waals surface area contributed by atoms with Gasteiger partial charge in [-0.15, -0.1) is 0 Å². The average Bonchev–Trinajstić information content (AvgIpc) is 2.66. The lowest BCUT2D eigenvalue weighted by Gasteiger charge is -2.12. The molecule has 0 aliphatic rings. The maximum atomic E-state index is 9.96. The molecule has 3 heteroatoms. The molecule has 1 aromatic heterocycles. The zero-order valence-corrected chi connectivity index (χ0v) is 8.67. The van der Waals surface area contributed by atoms with Crippen LogP contribution in [0.15, 0.2) is 42.6 Å². The van der Waals surface area contributed by atoms with E-state index in [0.29, 0.717) is 6.54 Å². The Morgan fingerprint density at radius 2 is 2.00 bits per heavy atom. The molecule has 1 heterocycles. The van der Waals surface area contributed by atoms with Crippen molar-refractivity contribution in [1.29, 1.82) is 0 Å². The maximum absolute atomic E-state index is 9.96. The van der Waals surface area contributed by atoms with E-state index in [1.165, 1.54) is 0 Å². The van der Waals surface area contributed by atoms with Gasteiger partial charge >= 0.3 is 0 Å². The summed E-state index contributed by atoms with van der Waals surface area (Å²) in [6.45, 7) is 2.48. The van der Waals surface area contributed by atoms with E-state index in [1.54, 1.807) is 10.9 Å². The third kappa shape index (κ3) is 2.25. The molecule has 1 N–H and O–H groups in total. The van der Waals surface area contributed by atoms with Crippen molar-refractivity contribution in [2.45, 2.75) is 19.6 Å². The quantitative estimate of drug-likeness (QED) is 0.825. The molecule has 3 nitrogen and oxygen atoms in total. The fourth-order valence-corrected chi connectivity index (χ4v) is 1.53. The Bertz CT molecular complexity index is 422. The van der Waals surface area contributed by atoms with Crippen LogP contribution in [0.2, 0.25) is 0 Å². The number of hydrogen-bond donors (Lipinski definition) is 1. The molecule has 1 unspecified atom stereocenters. The zero-order chi connectivity index (χ0) is 10.7. The molecule has 78 valence electrons. The second kappa shape index (κ2) is 4.28. The van der Waals surface area contributed by atoms with E-state index in [2.05, 4.69) is 5.10 Å². The molecular formula is C12H14N2O. The highest BCUT2D eigenvalue weighted by Crippen LogP contribution is 2.14. The van der Waals surface area contributed by atoms with Crippen LogP contribution < -0.4 is 0 Å². The van der Waals surface area contributed by atoms with Gasteiger partial charge in [0.05, 0.1) is 12.6 Å². The molecule has 2 rings (SSSR count). The van der Waals surface area contributed by atoms with E-state index in [1.807, 2.05) is 43.3 Å². The smallest absolute Gasteiger partial charge is 0.0985 e. The summed E-state index contributed by atoms with van der Waals surface area (Å²) >= 11 is 0. The van der Waals surface area contributed by atoms with Gasteiger partial charge in [0, 0.05) is 11.9 Å². The van der Waals surface area contributed by atoms with Gasteiger partial charge in [0.25, 0.3) is 0 Å². The summed E-state index contributed by atoms with van der Waals surface area (Å²) in [5.41, 5.74) is 1.98. The lowest BCUT2D eigenvalue weighted by Crippen LogP contribution is -2.10. The summed E-state index contributed by atoms with van der Waals surface area (Å²) in [7, 11) is 0. The van der Waals surface area contributed by atoms with Crippen molar-refractivity contribution < 1.29 is 5.11 Å². The molecule has 0 aliphatic carbocycles.